The first-order valence-corrected chi connectivity index (χ1v) is 8.52. The van der Waals surface area contributed by atoms with E-state index in [2.05, 4.69) is 5.32 Å². The molecule has 138 valence electrons. The molecule has 3 rings (SSSR count). The molecule has 0 aliphatic heterocycles. The van der Waals surface area contributed by atoms with E-state index in [0.29, 0.717) is 23.5 Å². The predicted octanol–water partition coefficient (Wildman–Crippen LogP) is 4.65. The molecule has 6 heteroatoms. The summed E-state index contributed by atoms with van der Waals surface area (Å²) >= 11 is 0. The molecule has 0 saturated carbocycles. The summed E-state index contributed by atoms with van der Waals surface area (Å²) in [6.07, 6.45) is 1.42. The van der Waals surface area contributed by atoms with Crippen LogP contribution in [0.25, 0.3) is 0 Å². The van der Waals surface area contributed by atoms with Crippen LogP contribution >= 0.6 is 0 Å². The van der Waals surface area contributed by atoms with Gasteiger partial charge in [0.1, 0.15) is 5.82 Å². The third kappa shape index (κ3) is 4.06. The average Bonchev–Trinajstić information content (AvgIpc) is 3.20. The van der Waals surface area contributed by atoms with E-state index >= 15 is 0 Å². The number of carbonyl (C=O) groups excluding carboxylic acids is 2. The van der Waals surface area contributed by atoms with Crippen molar-refractivity contribution < 1.29 is 18.4 Å². The molecule has 2 aromatic carbocycles. The third-order valence-corrected chi connectivity index (χ3v) is 4.18. The molecule has 1 N–H and O–H groups in total. The number of nitrogens with zero attached hydrogens (tertiary/aromatic N) is 1. The zero-order valence-corrected chi connectivity index (χ0v) is 15.0. The monoisotopic (exact) mass is 366 g/mol. The van der Waals surface area contributed by atoms with Gasteiger partial charge in [0.15, 0.2) is 5.76 Å². The summed E-state index contributed by atoms with van der Waals surface area (Å²) in [6, 6.07) is 14.0. The van der Waals surface area contributed by atoms with E-state index < -0.39 is 5.91 Å². The smallest absolute Gasteiger partial charge is 0.291 e. The van der Waals surface area contributed by atoms with Gasteiger partial charge >= 0.3 is 0 Å². The van der Waals surface area contributed by atoms with Crippen molar-refractivity contribution in [3.05, 3.63) is 83.6 Å². The van der Waals surface area contributed by atoms with E-state index in [9.17, 15) is 14.0 Å². The highest BCUT2D eigenvalue weighted by molar-refractivity contribution is 6.08. The minimum atomic E-state index is -0.390. The number of hydrogen-bond acceptors (Lipinski definition) is 3. The Labute approximate surface area is 156 Å². The van der Waals surface area contributed by atoms with Crippen LogP contribution in [-0.4, -0.2) is 18.4 Å². The first-order valence-electron chi connectivity index (χ1n) is 8.52. The van der Waals surface area contributed by atoms with Crippen molar-refractivity contribution in [3.63, 3.8) is 0 Å². The van der Waals surface area contributed by atoms with Gasteiger partial charge in [0.2, 0.25) is 0 Å². The summed E-state index contributed by atoms with van der Waals surface area (Å²) in [5.74, 6) is -0.802. The summed E-state index contributed by atoms with van der Waals surface area (Å²) in [6.45, 7) is 4.10. The van der Waals surface area contributed by atoms with Gasteiger partial charge in [-0.15, -0.1) is 0 Å². The normalized spacial score (nSPS) is 10.5. The summed E-state index contributed by atoms with van der Waals surface area (Å²) < 4.78 is 18.3. The highest BCUT2D eigenvalue weighted by atomic mass is 19.1. The van der Waals surface area contributed by atoms with Crippen LogP contribution in [0.1, 0.15) is 33.4 Å². The first kappa shape index (κ1) is 18.4. The Hall–Kier alpha value is -3.41. The van der Waals surface area contributed by atoms with Crippen LogP contribution in [0.4, 0.5) is 15.8 Å². The van der Waals surface area contributed by atoms with Crippen molar-refractivity contribution in [2.75, 3.05) is 16.8 Å². The maximum atomic E-state index is 13.2. The van der Waals surface area contributed by atoms with E-state index in [1.807, 2.05) is 13.8 Å². The number of aryl methyl sites for hydroxylation is 1. The molecular formula is C21H19FN2O3. The standard InChI is InChI=1S/C21H19FN2O3/c1-3-24(17-10-8-16(22)9-11-17)21(26)15-7-6-14(2)18(13-15)23-20(25)19-5-4-12-27-19/h4-13H,3H2,1-2H3,(H,23,25). The fraction of sp³-hybridized carbons (Fsp3) is 0.143. The van der Waals surface area contributed by atoms with Crippen molar-refractivity contribution in [2.45, 2.75) is 13.8 Å². The molecule has 5 nitrogen and oxygen atoms in total. The summed E-state index contributed by atoms with van der Waals surface area (Å²) in [4.78, 5) is 26.7. The van der Waals surface area contributed by atoms with Gasteiger partial charge in [-0.3, -0.25) is 9.59 Å². The average molecular weight is 366 g/mol. The Balaban J connectivity index is 1.86. The minimum absolute atomic E-state index is 0.188. The number of benzene rings is 2. The van der Waals surface area contributed by atoms with Gasteiger partial charge in [-0.2, -0.15) is 0 Å². The SMILES string of the molecule is CCN(C(=O)c1ccc(C)c(NC(=O)c2ccco2)c1)c1ccc(F)cc1. The molecule has 0 aliphatic rings. The second-order valence-corrected chi connectivity index (χ2v) is 5.99. The van der Waals surface area contributed by atoms with Crippen molar-refractivity contribution in [3.8, 4) is 0 Å². The van der Waals surface area contributed by atoms with Gasteiger partial charge in [0, 0.05) is 23.5 Å². The summed E-state index contributed by atoms with van der Waals surface area (Å²) in [7, 11) is 0. The van der Waals surface area contributed by atoms with Crippen LogP contribution in [0.15, 0.2) is 65.3 Å². The molecule has 3 aromatic rings. The number of furan rings is 1. The van der Waals surface area contributed by atoms with Crippen LogP contribution in [0, 0.1) is 12.7 Å². The van der Waals surface area contributed by atoms with E-state index in [1.165, 1.54) is 18.4 Å². The Morgan fingerprint density at radius 2 is 1.85 bits per heavy atom. The molecule has 1 heterocycles. The number of rotatable bonds is 5. The summed E-state index contributed by atoms with van der Waals surface area (Å²) in [5, 5.41) is 2.76. The molecule has 0 atom stereocenters. The van der Waals surface area contributed by atoms with Crippen LogP contribution < -0.4 is 10.2 Å². The topological polar surface area (TPSA) is 62.6 Å². The molecular weight excluding hydrogens is 347 g/mol. The van der Waals surface area contributed by atoms with Crippen molar-refractivity contribution in [2.24, 2.45) is 0 Å². The van der Waals surface area contributed by atoms with Crippen LogP contribution in [0.3, 0.4) is 0 Å². The lowest BCUT2D eigenvalue weighted by Crippen LogP contribution is -2.30. The fourth-order valence-electron chi connectivity index (χ4n) is 2.70. The lowest BCUT2D eigenvalue weighted by molar-refractivity contribution is 0.0981. The molecule has 0 fully saturated rings. The molecule has 1 aromatic heterocycles. The maximum Gasteiger partial charge on any atom is 0.291 e. The number of halogens is 1. The van der Waals surface area contributed by atoms with Gasteiger partial charge in [-0.25, -0.2) is 4.39 Å². The van der Waals surface area contributed by atoms with Crippen LogP contribution in [-0.2, 0) is 0 Å². The van der Waals surface area contributed by atoms with E-state index in [4.69, 9.17) is 4.42 Å². The number of hydrogen-bond donors (Lipinski definition) is 1. The van der Waals surface area contributed by atoms with Gasteiger partial charge in [0.25, 0.3) is 11.8 Å². The molecule has 27 heavy (non-hydrogen) atoms. The molecule has 0 saturated heterocycles. The quantitative estimate of drug-likeness (QED) is 0.715. The minimum Gasteiger partial charge on any atom is -0.459 e. The molecule has 0 aliphatic carbocycles. The lowest BCUT2D eigenvalue weighted by Gasteiger charge is -2.21. The number of anilines is 2. The largest absolute Gasteiger partial charge is 0.459 e. The molecule has 0 bridgehead atoms. The van der Waals surface area contributed by atoms with Crippen molar-refractivity contribution in [1.29, 1.82) is 0 Å². The second kappa shape index (κ2) is 7.86. The van der Waals surface area contributed by atoms with Gasteiger partial charge in [0.05, 0.1) is 6.26 Å². The molecule has 2 amide bonds. The van der Waals surface area contributed by atoms with Crippen molar-refractivity contribution >= 4 is 23.2 Å². The molecule has 0 unspecified atom stereocenters. The molecule has 0 spiro atoms. The van der Waals surface area contributed by atoms with Crippen molar-refractivity contribution in [1.82, 2.24) is 0 Å². The number of nitrogens with one attached hydrogen (secondary N) is 1. The van der Waals surface area contributed by atoms with Crippen LogP contribution in [0.2, 0.25) is 0 Å². The predicted molar refractivity (Wildman–Crippen MR) is 102 cm³/mol. The highest BCUT2D eigenvalue weighted by Crippen LogP contribution is 2.22. The van der Waals surface area contributed by atoms with E-state index in [0.717, 1.165) is 5.56 Å². The Morgan fingerprint density at radius 1 is 1.11 bits per heavy atom. The van der Waals surface area contributed by atoms with Gasteiger partial charge in [-0.05, 0) is 67.9 Å². The number of carbonyl (C=O) groups is 2. The summed E-state index contributed by atoms with van der Waals surface area (Å²) in [5.41, 5.74) is 2.36. The zero-order chi connectivity index (χ0) is 19.4. The fourth-order valence-corrected chi connectivity index (χ4v) is 2.70. The maximum absolute atomic E-state index is 13.2. The third-order valence-electron chi connectivity index (χ3n) is 4.18. The van der Waals surface area contributed by atoms with Gasteiger partial charge in [-0.1, -0.05) is 6.07 Å². The van der Waals surface area contributed by atoms with E-state index in [-0.39, 0.29) is 17.5 Å². The Bertz CT molecular complexity index is 950. The van der Waals surface area contributed by atoms with E-state index in [1.54, 1.807) is 47.4 Å². The Kier molecular flexibility index (Phi) is 5.35. The first-order chi connectivity index (χ1) is 13.0. The Morgan fingerprint density at radius 3 is 2.48 bits per heavy atom. The second-order valence-electron chi connectivity index (χ2n) is 5.99. The lowest BCUT2D eigenvalue weighted by atomic mass is 10.1. The molecule has 0 radical (unpaired) electrons. The number of amides is 2. The van der Waals surface area contributed by atoms with Crippen LogP contribution in [0.5, 0.6) is 0 Å². The highest BCUT2D eigenvalue weighted by Gasteiger charge is 2.18. The van der Waals surface area contributed by atoms with Gasteiger partial charge < -0.3 is 14.6 Å². The zero-order valence-electron chi connectivity index (χ0n) is 15.0.